The zero-order valence-corrected chi connectivity index (χ0v) is 10.9. The number of hydrogen-bond donors (Lipinski definition) is 2. The Balaban J connectivity index is 2.02. The normalized spacial score (nSPS) is 25.9. The van der Waals surface area contributed by atoms with Crippen LogP contribution in [0.25, 0.3) is 0 Å². The highest BCUT2D eigenvalue weighted by molar-refractivity contribution is 5.20. The van der Waals surface area contributed by atoms with Gasteiger partial charge in [-0.05, 0) is 37.0 Å². The van der Waals surface area contributed by atoms with E-state index in [1.54, 1.807) is 0 Å². The van der Waals surface area contributed by atoms with Gasteiger partial charge in [0, 0.05) is 12.1 Å². The molecular formula is C15H22FNO. The van der Waals surface area contributed by atoms with E-state index in [0.717, 1.165) is 31.2 Å². The number of benzene rings is 1. The van der Waals surface area contributed by atoms with Crippen molar-refractivity contribution in [1.82, 2.24) is 5.32 Å². The highest BCUT2D eigenvalue weighted by Gasteiger charge is 2.25. The van der Waals surface area contributed by atoms with E-state index in [1.165, 1.54) is 18.6 Å². The lowest BCUT2D eigenvalue weighted by molar-refractivity contribution is 0.0844. The van der Waals surface area contributed by atoms with Crippen LogP contribution in [0.3, 0.4) is 0 Å². The molecule has 1 aliphatic carbocycles. The second-order valence-electron chi connectivity index (χ2n) is 5.14. The third kappa shape index (κ3) is 3.30. The van der Waals surface area contributed by atoms with Crippen LogP contribution in [0.4, 0.5) is 4.39 Å². The highest BCUT2D eigenvalue weighted by atomic mass is 19.1. The Morgan fingerprint density at radius 1 is 1.28 bits per heavy atom. The summed E-state index contributed by atoms with van der Waals surface area (Å²) < 4.78 is 12.9. The molecule has 0 aliphatic heterocycles. The van der Waals surface area contributed by atoms with Crippen LogP contribution in [0.2, 0.25) is 0 Å². The molecular weight excluding hydrogens is 229 g/mol. The number of nitrogens with one attached hydrogen (secondary N) is 1. The van der Waals surface area contributed by atoms with Crippen molar-refractivity contribution < 1.29 is 9.50 Å². The van der Waals surface area contributed by atoms with Crippen LogP contribution >= 0.6 is 0 Å². The average Bonchev–Trinajstić information content (AvgIpc) is 2.39. The van der Waals surface area contributed by atoms with E-state index in [-0.39, 0.29) is 24.0 Å². The fourth-order valence-corrected chi connectivity index (χ4v) is 2.71. The second-order valence-corrected chi connectivity index (χ2v) is 5.14. The molecule has 0 unspecified atom stereocenters. The molecule has 0 heterocycles. The summed E-state index contributed by atoms with van der Waals surface area (Å²) in [7, 11) is 0. The van der Waals surface area contributed by atoms with Gasteiger partial charge in [0.1, 0.15) is 5.82 Å². The Labute approximate surface area is 108 Å². The summed E-state index contributed by atoms with van der Waals surface area (Å²) in [5.41, 5.74) is 1.09. The Morgan fingerprint density at radius 3 is 2.56 bits per heavy atom. The molecule has 0 bridgehead atoms. The van der Waals surface area contributed by atoms with Crippen molar-refractivity contribution in [3.63, 3.8) is 0 Å². The fourth-order valence-electron chi connectivity index (χ4n) is 2.71. The Hall–Kier alpha value is -0.930. The molecule has 0 saturated heterocycles. The van der Waals surface area contributed by atoms with Crippen molar-refractivity contribution >= 4 is 0 Å². The molecule has 1 aromatic rings. The Kier molecular flexibility index (Phi) is 4.72. The van der Waals surface area contributed by atoms with Crippen LogP contribution in [0.5, 0.6) is 0 Å². The van der Waals surface area contributed by atoms with E-state index in [4.69, 9.17) is 0 Å². The smallest absolute Gasteiger partial charge is 0.123 e. The van der Waals surface area contributed by atoms with Crippen LogP contribution in [-0.4, -0.2) is 17.3 Å². The molecule has 18 heavy (non-hydrogen) atoms. The van der Waals surface area contributed by atoms with Gasteiger partial charge in [0.15, 0.2) is 0 Å². The largest absolute Gasteiger partial charge is 0.392 e. The maximum atomic E-state index is 12.9. The van der Waals surface area contributed by atoms with Crippen LogP contribution in [-0.2, 0) is 0 Å². The SMILES string of the molecule is CC[C@@H](N[C@@H]1CCCC[C@H]1O)c1ccc(F)cc1. The minimum absolute atomic E-state index is 0.175. The molecule has 3 heteroatoms. The van der Waals surface area contributed by atoms with Gasteiger partial charge in [0.05, 0.1) is 6.10 Å². The summed E-state index contributed by atoms with van der Waals surface area (Å²) in [5, 5.41) is 13.5. The van der Waals surface area contributed by atoms with Gasteiger partial charge in [-0.3, -0.25) is 0 Å². The predicted molar refractivity (Wildman–Crippen MR) is 70.8 cm³/mol. The maximum absolute atomic E-state index is 12.9. The van der Waals surface area contributed by atoms with Gasteiger partial charge in [-0.1, -0.05) is 31.9 Å². The number of hydrogen-bond acceptors (Lipinski definition) is 2. The first kappa shape index (κ1) is 13.5. The molecule has 1 aliphatic rings. The number of halogens is 1. The molecule has 100 valence electrons. The summed E-state index contributed by atoms with van der Waals surface area (Å²) >= 11 is 0. The fraction of sp³-hybridized carbons (Fsp3) is 0.600. The standard InChI is InChI=1S/C15H22FNO/c1-2-13(11-7-9-12(16)10-8-11)17-14-5-3-4-6-15(14)18/h7-10,13-15,17-18H,2-6H2,1H3/t13-,14-,15-/m1/s1. The molecule has 1 saturated carbocycles. The molecule has 0 radical (unpaired) electrons. The van der Waals surface area contributed by atoms with Crippen LogP contribution in [0, 0.1) is 5.82 Å². The van der Waals surface area contributed by atoms with Crippen molar-refractivity contribution in [3.8, 4) is 0 Å². The van der Waals surface area contributed by atoms with Crippen molar-refractivity contribution in [3.05, 3.63) is 35.6 Å². The maximum Gasteiger partial charge on any atom is 0.123 e. The van der Waals surface area contributed by atoms with Crippen molar-refractivity contribution in [2.24, 2.45) is 0 Å². The van der Waals surface area contributed by atoms with Crippen LogP contribution < -0.4 is 5.32 Å². The summed E-state index contributed by atoms with van der Waals surface area (Å²) in [6, 6.07) is 7.02. The van der Waals surface area contributed by atoms with E-state index < -0.39 is 0 Å². The first-order valence-corrected chi connectivity index (χ1v) is 6.90. The van der Waals surface area contributed by atoms with Gasteiger partial charge in [0.25, 0.3) is 0 Å². The van der Waals surface area contributed by atoms with Crippen LogP contribution in [0.1, 0.15) is 50.6 Å². The predicted octanol–water partition coefficient (Wildman–Crippen LogP) is 3.17. The van der Waals surface area contributed by atoms with Crippen molar-refractivity contribution in [2.45, 2.75) is 57.2 Å². The third-order valence-electron chi connectivity index (χ3n) is 3.83. The van der Waals surface area contributed by atoms with Crippen molar-refractivity contribution in [2.75, 3.05) is 0 Å². The third-order valence-corrected chi connectivity index (χ3v) is 3.83. The Bertz CT molecular complexity index is 365. The number of rotatable bonds is 4. The zero-order valence-electron chi connectivity index (χ0n) is 10.9. The summed E-state index contributed by atoms with van der Waals surface area (Å²) in [6.45, 7) is 2.11. The molecule has 1 fully saturated rings. The molecule has 2 nitrogen and oxygen atoms in total. The van der Waals surface area contributed by atoms with Gasteiger partial charge in [0.2, 0.25) is 0 Å². The summed E-state index contributed by atoms with van der Waals surface area (Å²) in [4.78, 5) is 0. The van der Waals surface area contributed by atoms with E-state index in [0.29, 0.717) is 0 Å². The summed E-state index contributed by atoms with van der Waals surface area (Å²) in [5.74, 6) is -0.202. The first-order valence-electron chi connectivity index (χ1n) is 6.90. The highest BCUT2D eigenvalue weighted by Crippen LogP contribution is 2.24. The molecule has 0 aromatic heterocycles. The minimum atomic E-state index is -0.242. The molecule has 2 rings (SSSR count). The zero-order chi connectivity index (χ0) is 13.0. The topological polar surface area (TPSA) is 32.3 Å². The van der Waals surface area contributed by atoms with E-state index >= 15 is 0 Å². The van der Waals surface area contributed by atoms with Crippen LogP contribution in [0.15, 0.2) is 24.3 Å². The number of aliphatic hydroxyl groups is 1. The van der Waals surface area contributed by atoms with Crippen molar-refractivity contribution in [1.29, 1.82) is 0 Å². The Morgan fingerprint density at radius 2 is 1.94 bits per heavy atom. The first-order chi connectivity index (χ1) is 8.70. The van der Waals surface area contributed by atoms with Gasteiger partial charge < -0.3 is 10.4 Å². The van der Waals surface area contributed by atoms with Gasteiger partial charge in [-0.25, -0.2) is 4.39 Å². The molecule has 1 aromatic carbocycles. The monoisotopic (exact) mass is 251 g/mol. The van der Waals surface area contributed by atoms with E-state index in [1.807, 2.05) is 12.1 Å². The van der Waals surface area contributed by atoms with Gasteiger partial charge >= 0.3 is 0 Å². The average molecular weight is 251 g/mol. The van der Waals surface area contributed by atoms with Gasteiger partial charge in [-0.2, -0.15) is 0 Å². The lowest BCUT2D eigenvalue weighted by atomic mass is 9.91. The number of aliphatic hydroxyl groups excluding tert-OH is 1. The quantitative estimate of drug-likeness (QED) is 0.861. The lowest BCUT2D eigenvalue weighted by Gasteiger charge is -2.32. The molecule has 3 atom stereocenters. The lowest BCUT2D eigenvalue weighted by Crippen LogP contribution is -2.43. The molecule has 0 spiro atoms. The second kappa shape index (κ2) is 6.30. The van der Waals surface area contributed by atoms with Gasteiger partial charge in [-0.15, -0.1) is 0 Å². The molecule has 0 amide bonds. The van der Waals surface area contributed by atoms with E-state index in [9.17, 15) is 9.50 Å². The molecule has 2 N–H and O–H groups in total. The minimum Gasteiger partial charge on any atom is -0.392 e. The summed E-state index contributed by atoms with van der Waals surface area (Å²) in [6.07, 6.45) is 4.90. The van der Waals surface area contributed by atoms with E-state index in [2.05, 4.69) is 12.2 Å².